The van der Waals surface area contributed by atoms with Gasteiger partial charge in [-0.3, -0.25) is 0 Å². The molecule has 2 unspecified atom stereocenters. The van der Waals surface area contributed by atoms with Crippen LogP contribution in [0.4, 0.5) is 9.59 Å². The van der Waals surface area contributed by atoms with Crippen molar-refractivity contribution in [2.24, 2.45) is 5.92 Å². The molecule has 2 saturated heterocycles. The lowest BCUT2D eigenvalue weighted by Crippen LogP contribution is -2.20. The summed E-state index contributed by atoms with van der Waals surface area (Å²) >= 11 is 2.34. The van der Waals surface area contributed by atoms with Crippen molar-refractivity contribution in [2.75, 3.05) is 24.7 Å². The number of epoxide rings is 2. The second-order valence-electron chi connectivity index (χ2n) is 10.9. The number of aryl methyl sites for hydroxylation is 1. The predicted octanol–water partition coefficient (Wildman–Crippen LogP) is 8.48. The molecule has 0 saturated carbocycles. The average Bonchev–Trinajstić information content (AvgIpc) is 3.80. The molecule has 0 radical (unpaired) electrons. The van der Waals surface area contributed by atoms with Gasteiger partial charge in [0.25, 0.3) is 0 Å². The molecule has 2 fully saturated rings. The highest BCUT2D eigenvalue weighted by Gasteiger charge is 2.33. The third kappa shape index (κ3) is 9.69. The second kappa shape index (κ2) is 14.8. The topological polar surface area (TPSA) is 77.7 Å². The monoisotopic (exact) mass is 574 g/mol. The molecule has 6 nitrogen and oxygen atoms in total. The number of thioether (sulfide) groups is 2. The Balaban J connectivity index is 1.65. The standard InChI is InChI=1S/C31H42O6S2/c1-5-6-7-8-22-16-27(36-30(32)38-13-11-23-18-34-23)29(26-15-21(4)9-10-25(26)20(2)3)28(17-22)37-31(33)39-14-12-24-19-35-24/h15-17,23-26H,2,5-14,18-19H2,1,3-4H3/t23?,24?,25-,26+/m0/s1. The third-order valence-electron chi connectivity index (χ3n) is 7.46. The fourth-order valence-electron chi connectivity index (χ4n) is 5.04. The van der Waals surface area contributed by atoms with Gasteiger partial charge in [-0.2, -0.15) is 0 Å². The Morgan fingerprint density at radius 2 is 1.56 bits per heavy atom. The number of carbonyl (C=O) groups is 2. The van der Waals surface area contributed by atoms with Crippen molar-refractivity contribution in [3.63, 3.8) is 0 Å². The van der Waals surface area contributed by atoms with Gasteiger partial charge in [-0.1, -0.05) is 43.6 Å². The summed E-state index contributed by atoms with van der Waals surface area (Å²) in [6.45, 7) is 12.2. The molecule has 1 aliphatic carbocycles. The minimum atomic E-state index is -0.345. The van der Waals surface area contributed by atoms with E-state index in [1.807, 2.05) is 19.1 Å². The molecule has 1 aromatic rings. The molecule has 8 heteroatoms. The van der Waals surface area contributed by atoms with Gasteiger partial charge in [0.1, 0.15) is 11.5 Å². The van der Waals surface area contributed by atoms with E-state index in [1.54, 1.807) is 0 Å². The molecule has 0 bridgehead atoms. The first-order valence-electron chi connectivity index (χ1n) is 14.3. The molecule has 214 valence electrons. The van der Waals surface area contributed by atoms with Crippen molar-refractivity contribution in [3.8, 4) is 11.5 Å². The Hall–Kier alpha value is -1.74. The maximum Gasteiger partial charge on any atom is 0.372 e. The van der Waals surface area contributed by atoms with E-state index in [4.69, 9.17) is 18.9 Å². The molecule has 0 aromatic heterocycles. The first kappa shape index (κ1) is 30.2. The van der Waals surface area contributed by atoms with Crippen LogP contribution in [0.5, 0.6) is 11.5 Å². The van der Waals surface area contributed by atoms with Crippen molar-refractivity contribution >= 4 is 34.1 Å². The quantitative estimate of drug-likeness (QED) is 0.0947. The predicted molar refractivity (Wildman–Crippen MR) is 159 cm³/mol. The summed E-state index contributed by atoms with van der Waals surface area (Å²) in [6, 6.07) is 3.96. The number of hydrogen-bond acceptors (Lipinski definition) is 8. The zero-order valence-electron chi connectivity index (χ0n) is 23.5. The maximum absolute atomic E-state index is 13.0. The molecular formula is C31H42O6S2. The van der Waals surface area contributed by atoms with Crippen molar-refractivity contribution in [1.82, 2.24) is 0 Å². The van der Waals surface area contributed by atoms with Crippen molar-refractivity contribution < 1.29 is 28.5 Å². The normalized spacial score (nSPS) is 23.6. The highest BCUT2D eigenvalue weighted by Crippen LogP contribution is 2.48. The van der Waals surface area contributed by atoms with Crippen LogP contribution in [-0.4, -0.2) is 47.5 Å². The van der Waals surface area contributed by atoms with Gasteiger partial charge < -0.3 is 18.9 Å². The summed E-state index contributed by atoms with van der Waals surface area (Å²) in [6.07, 6.45) is 10.4. The van der Waals surface area contributed by atoms with Gasteiger partial charge in [0, 0.05) is 23.0 Å². The van der Waals surface area contributed by atoms with Crippen molar-refractivity contribution in [2.45, 2.75) is 90.3 Å². The summed E-state index contributed by atoms with van der Waals surface area (Å²) in [7, 11) is 0. The minimum absolute atomic E-state index is 0.0960. The van der Waals surface area contributed by atoms with E-state index in [-0.39, 0.29) is 34.6 Å². The molecule has 0 N–H and O–H groups in total. The van der Waals surface area contributed by atoms with Crippen molar-refractivity contribution in [3.05, 3.63) is 47.1 Å². The van der Waals surface area contributed by atoms with Crippen LogP contribution in [0.25, 0.3) is 0 Å². The summed E-state index contributed by atoms with van der Waals surface area (Å²) in [5, 5.41) is -0.691. The molecule has 0 amide bonds. The Bertz CT molecular complexity index is 1010. The van der Waals surface area contributed by atoms with Gasteiger partial charge in [0.15, 0.2) is 0 Å². The Morgan fingerprint density at radius 3 is 2.05 bits per heavy atom. The fraction of sp³-hybridized carbons (Fsp3) is 0.613. The Kier molecular flexibility index (Phi) is 11.4. The molecule has 39 heavy (non-hydrogen) atoms. The first-order valence-corrected chi connectivity index (χ1v) is 16.2. The summed E-state index contributed by atoms with van der Waals surface area (Å²) in [4.78, 5) is 26.0. The molecule has 4 rings (SSSR count). The van der Waals surface area contributed by atoms with Gasteiger partial charge in [0.2, 0.25) is 0 Å². The van der Waals surface area contributed by atoms with Crippen LogP contribution in [0, 0.1) is 5.92 Å². The molecular weight excluding hydrogens is 532 g/mol. The summed E-state index contributed by atoms with van der Waals surface area (Å²) in [5.41, 5.74) is 4.12. The number of hydrogen-bond donors (Lipinski definition) is 0. The lowest BCUT2D eigenvalue weighted by molar-refractivity contribution is 0.224. The molecule has 1 aromatic carbocycles. The van der Waals surface area contributed by atoms with E-state index < -0.39 is 0 Å². The average molecular weight is 575 g/mol. The number of unbranched alkanes of at least 4 members (excludes halogenated alkanes) is 2. The van der Waals surface area contributed by atoms with E-state index in [0.29, 0.717) is 23.0 Å². The van der Waals surface area contributed by atoms with Gasteiger partial charge in [0.05, 0.1) is 25.4 Å². The van der Waals surface area contributed by atoms with E-state index in [9.17, 15) is 9.59 Å². The lowest BCUT2D eigenvalue weighted by Gasteiger charge is -2.32. The van der Waals surface area contributed by atoms with Gasteiger partial charge in [-0.25, -0.2) is 9.59 Å². The highest BCUT2D eigenvalue weighted by molar-refractivity contribution is 8.13. The molecule has 0 spiro atoms. The van der Waals surface area contributed by atoms with Gasteiger partial charge in [-0.15, -0.1) is 0 Å². The smallest absolute Gasteiger partial charge is 0.372 e. The van der Waals surface area contributed by atoms with Crippen LogP contribution >= 0.6 is 23.5 Å². The fourth-order valence-corrected chi connectivity index (χ4v) is 6.43. The van der Waals surface area contributed by atoms with Crippen molar-refractivity contribution in [1.29, 1.82) is 0 Å². The van der Waals surface area contributed by atoms with E-state index in [0.717, 1.165) is 81.3 Å². The number of benzene rings is 1. The van der Waals surface area contributed by atoms with Gasteiger partial charge >= 0.3 is 10.6 Å². The Morgan fingerprint density at radius 1 is 1.00 bits per heavy atom. The van der Waals surface area contributed by atoms with E-state index >= 15 is 0 Å². The zero-order valence-corrected chi connectivity index (χ0v) is 25.1. The lowest BCUT2D eigenvalue weighted by atomic mass is 9.73. The number of allylic oxidation sites excluding steroid dienone is 3. The molecule has 2 aliphatic heterocycles. The van der Waals surface area contributed by atoms with Crippen LogP contribution in [-0.2, 0) is 15.9 Å². The second-order valence-corrected chi connectivity index (χ2v) is 12.9. The van der Waals surface area contributed by atoms with Crippen LogP contribution < -0.4 is 9.47 Å². The van der Waals surface area contributed by atoms with Crippen LogP contribution in [0.3, 0.4) is 0 Å². The molecule has 4 atom stereocenters. The van der Waals surface area contributed by atoms with Crippen LogP contribution in [0.1, 0.15) is 82.8 Å². The summed E-state index contributed by atoms with van der Waals surface area (Å²) < 4.78 is 22.7. The number of rotatable bonds is 14. The largest absolute Gasteiger partial charge is 0.418 e. The summed E-state index contributed by atoms with van der Waals surface area (Å²) in [5.74, 6) is 2.34. The van der Waals surface area contributed by atoms with Crippen LogP contribution in [0.2, 0.25) is 0 Å². The first-order chi connectivity index (χ1) is 18.8. The highest BCUT2D eigenvalue weighted by atomic mass is 32.2. The third-order valence-corrected chi connectivity index (χ3v) is 8.97. The number of carbonyl (C=O) groups excluding carboxylic acids is 2. The molecule has 2 heterocycles. The minimum Gasteiger partial charge on any atom is -0.418 e. The van der Waals surface area contributed by atoms with E-state index in [2.05, 4.69) is 26.5 Å². The number of ether oxygens (including phenoxy) is 4. The Labute approximate surface area is 241 Å². The van der Waals surface area contributed by atoms with Gasteiger partial charge in [-0.05, 0) is 99.5 Å². The SMILES string of the molecule is C=C(C)[C@@H]1CCC(C)=C[C@H]1c1c(OC(=O)SCCC2CO2)cc(CCCCC)cc1OC(=O)SCCC1CO1. The maximum atomic E-state index is 13.0. The molecule has 3 aliphatic rings. The zero-order chi connectivity index (χ0) is 27.8. The van der Waals surface area contributed by atoms with Crippen LogP contribution in [0.15, 0.2) is 35.9 Å². The van der Waals surface area contributed by atoms with E-state index in [1.165, 1.54) is 29.1 Å².